The third-order valence-electron chi connectivity index (χ3n) is 3.30. The van der Waals surface area contributed by atoms with Crippen molar-refractivity contribution in [2.24, 2.45) is 4.99 Å². The van der Waals surface area contributed by atoms with Crippen molar-refractivity contribution in [3.05, 3.63) is 23.8 Å². The fourth-order valence-electron chi connectivity index (χ4n) is 2.24. The number of halogens is 2. The van der Waals surface area contributed by atoms with Gasteiger partial charge in [0.25, 0.3) is 0 Å². The number of guanidine groups is 1. The molecule has 1 rings (SSSR count). The fourth-order valence-corrected chi connectivity index (χ4v) is 2.24. The van der Waals surface area contributed by atoms with Gasteiger partial charge < -0.3 is 25.4 Å². The number of carbonyl (C=O) groups is 1. The minimum absolute atomic E-state index is 0.00800. The predicted molar refractivity (Wildman–Crippen MR) is 101 cm³/mol. The predicted octanol–water partition coefficient (Wildman–Crippen LogP) is 1.92. The van der Waals surface area contributed by atoms with Crippen molar-refractivity contribution in [1.82, 2.24) is 16.0 Å². The molecule has 0 saturated carbocycles. The maximum Gasteiger partial charge on any atom is 0.387 e. The number of nitrogens with one attached hydrogen (secondary N) is 3. The first-order chi connectivity index (χ1) is 12.6. The van der Waals surface area contributed by atoms with Gasteiger partial charge in [0.1, 0.15) is 0 Å². The second kappa shape index (κ2) is 10.5. The number of methoxy groups -OCH3 is 1. The number of alkyl halides is 2. The van der Waals surface area contributed by atoms with Crippen molar-refractivity contribution in [2.45, 2.75) is 39.3 Å². The zero-order chi connectivity index (χ0) is 20.4. The summed E-state index contributed by atoms with van der Waals surface area (Å²) < 4.78 is 34.4. The quantitative estimate of drug-likeness (QED) is 0.470. The van der Waals surface area contributed by atoms with Crippen LogP contribution in [0.15, 0.2) is 23.2 Å². The van der Waals surface area contributed by atoms with Crippen LogP contribution in [0, 0.1) is 0 Å². The maximum atomic E-state index is 12.5. The van der Waals surface area contributed by atoms with Gasteiger partial charge in [-0.3, -0.25) is 9.79 Å². The first-order valence-electron chi connectivity index (χ1n) is 8.52. The summed E-state index contributed by atoms with van der Waals surface area (Å²) in [6.07, 6.45) is 0.540. The molecule has 0 bridgehead atoms. The molecule has 3 N–H and O–H groups in total. The molecule has 152 valence electrons. The summed E-state index contributed by atoms with van der Waals surface area (Å²) >= 11 is 0. The number of hydrogen-bond acceptors (Lipinski definition) is 4. The van der Waals surface area contributed by atoms with Gasteiger partial charge in [-0.1, -0.05) is 6.07 Å². The number of ether oxygens (including phenoxy) is 2. The Balaban J connectivity index is 2.52. The van der Waals surface area contributed by atoms with Gasteiger partial charge >= 0.3 is 6.61 Å². The Bertz CT molecular complexity index is 646. The SMILES string of the molecule is CN=C(NCCc1ccc(OC)c(OC(F)F)c1)NCC(=O)NC(C)(C)C. The number of rotatable bonds is 8. The van der Waals surface area contributed by atoms with E-state index in [4.69, 9.17) is 4.74 Å². The normalized spacial score (nSPS) is 11.9. The Morgan fingerprint density at radius 3 is 2.48 bits per heavy atom. The number of hydrogen-bond donors (Lipinski definition) is 3. The summed E-state index contributed by atoms with van der Waals surface area (Å²) in [5.74, 6) is 0.562. The van der Waals surface area contributed by atoms with Gasteiger partial charge in [-0.15, -0.1) is 0 Å². The Morgan fingerprint density at radius 1 is 1.22 bits per heavy atom. The summed E-state index contributed by atoms with van der Waals surface area (Å²) in [5.41, 5.74) is 0.488. The number of carbonyl (C=O) groups excluding carboxylic acids is 1. The highest BCUT2D eigenvalue weighted by Crippen LogP contribution is 2.29. The Hall–Kier alpha value is -2.58. The van der Waals surface area contributed by atoms with Crippen molar-refractivity contribution < 1.29 is 23.0 Å². The van der Waals surface area contributed by atoms with Crippen LogP contribution in [0.4, 0.5) is 8.78 Å². The van der Waals surface area contributed by atoms with E-state index in [1.165, 1.54) is 13.2 Å². The van der Waals surface area contributed by atoms with Gasteiger partial charge in [-0.25, -0.2) is 0 Å². The molecule has 0 aromatic heterocycles. The van der Waals surface area contributed by atoms with E-state index in [1.807, 2.05) is 20.8 Å². The molecule has 1 aromatic carbocycles. The van der Waals surface area contributed by atoms with E-state index < -0.39 is 6.61 Å². The molecule has 0 unspecified atom stereocenters. The third-order valence-corrected chi connectivity index (χ3v) is 3.30. The van der Waals surface area contributed by atoms with E-state index >= 15 is 0 Å². The Kier molecular flexibility index (Phi) is 8.77. The van der Waals surface area contributed by atoms with Crippen LogP contribution in [0.25, 0.3) is 0 Å². The molecule has 0 aliphatic carbocycles. The van der Waals surface area contributed by atoms with E-state index in [0.717, 1.165) is 5.56 Å². The molecular formula is C18H28F2N4O3. The molecule has 0 fully saturated rings. The maximum absolute atomic E-state index is 12.5. The highest BCUT2D eigenvalue weighted by Gasteiger charge is 2.14. The van der Waals surface area contributed by atoms with Crippen LogP contribution in [0.1, 0.15) is 26.3 Å². The number of aliphatic imine (C=N–C) groups is 1. The van der Waals surface area contributed by atoms with Crippen LogP contribution in [-0.2, 0) is 11.2 Å². The largest absolute Gasteiger partial charge is 0.493 e. The monoisotopic (exact) mass is 386 g/mol. The van der Waals surface area contributed by atoms with Crippen LogP contribution in [0.5, 0.6) is 11.5 Å². The van der Waals surface area contributed by atoms with Crippen molar-refractivity contribution in [3.8, 4) is 11.5 Å². The van der Waals surface area contributed by atoms with E-state index in [1.54, 1.807) is 19.2 Å². The number of amides is 1. The Morgan fingerprint density at radius 2 is 1.93 bits per heavy atom. The minimum Gasteiger partial charge on any atom is -0.493 e. The molecule has 0 saturated heterocycles. The molecule has 0 heterocycles. The van der Waals surface area contributed by atoms with Crippen molar-refractivity contribution >= 4 is 11.9 Å². The lowest BCUT2D eigenvalue weighted by Gasteiger charge is -2.21. The molecule has 7 nitrogen and oxygen atoms in total. The smallest absolute Gasteiger partial charge is 0.387 e. The van der Waals surface area contributed by atoms with Crippen LogP contribution < -0.4 is 25.4 Å². The zero-order valence-electron chi connectivity index (χ0n) is 16.4. The average molecular weight is 386 g/mol. The molecule has 0 spiro atoms. The van der Waals surface area contributed by atoms with Gasteiger partial charge in [0, 0.05) is 19.1 Å². The molecular weight excluding hydrogens is 358 g/mol. The van der Waals surface area contributed by atoms with Crippen LogP contribution >= 0.6 is 0 Å². The average Bonchev–Trinajstić information content (AvgIpc) is 2.56. The van der Waals surface area contributed by atoms with Crippen molar-refractivity contribution in [3.63, 3.8) is 0 Å². The number of benzene rings is 1. The first-order valence-corrected chi connectivity index (χ1v) is 8.52. The Labute approximate surface area is 158 Å². The van der Waals surface area contributed by atoms with E-state index in [9.17, 15) is 13.6 Å². The molecule has 27 heavy (non-hydrogen) atoms. The van der Waals surface area contributed by atoms with Gasteiger partial charge in [-0.2, -0.15) is 8.78 Å². The van der Waals surface area contributed by atoms with Gasteiger partial charge in [0.2, 0.25) is 5.91 Å². The number of nitrogens with zero attached hydrogens (tertiary/aromatic N) is 1. The van der Waals surface area contributed by atoms with Crippen molar-refractivity contribution in [2.75, 3.05) is 27.2 Å². The molecule has 0 radical (unpaired) electrons. The minimum atomic E-state index is -2.92. The molecule has 0 aliphatic heterocycles. The lowest BCUT2D eigenvalue weighted by Crippen LogP contribution is -2.48. The fraction of sp³-hybridized carbons (Fsp3) is 0.556. The van der Waals surface area contributed by atoms with Gasteiger partial charge in [0.15, 0.2) is 17.5 Å². The molecule has 0 aliphatic rings. The zero-order valence-corrected chi connectivity index (χ0v) is 16.4. The highest BCUT2D eigenvalue weighted by atomic mass is 19.3. The lowest BCUT2D eigenvalue weighted by atomic mass is 10.1. The van der Waals surface area contributed by atoms with E-state index in [0.29, 0.717) is 18.9 Å². The van der Waals surface area contributed by atoms with Crippen LogP contribution in [0.2, 0.25) is 0 Å². The molecule has 9 heteroatoms. The van der Waals surface area contributed by atoms with Gasteiger partial charge in [-0.05, 0) is 44.9 Å². The van der Waals surface area contributed by atoms with Crippen LogP contribution in [0.3, 0.4) is 0 Å². The summed E-state index contributed by atoms with van der Waals surface area (Å²) in [6, 6.07) is 4.86. The molecule has 0 atom stereocenters. The van der Waals surface area contributed by atoms with E-state index in [2.05, 4.69) is 25.7 Å². The standard InChI is InChI=1S/C18H28F2N4O3/c1-18(2,3)24-15(25)11-23-17(21-4)22-9-8-12-6-7-13(26-5)14(10-12)27-16(19)20/h6-7,10,16H,8-9,11H2,1-5H3,(H,24,25)(H2,21,22,23). The lowest BCUT2D eigenvalue weighted by molar-refractivity contribution is -0.121. The van der Waals surface area contributed by atoms with Crippen LogP contribution in [-0.4, -0.2) is 51.3 Å². The third kappa shape index (κ3) is 9.07. The second-order valence-electron chi connectivity index (χ2n) is 6.76. The summed E-state index contributed by atoms with van der Waals surface area (Å²) in [4.78, 5) is 15.9. The topological polar surface area (TPSA) is 84.0 Å². The molecule has 1 amide bonds. The highest BCUT2D eigenvalue weighted by molar-refractivity contribution is 5.86. The summed E-state index contributed by atoms with van der Waals surface area (Å²) in [5, 5.41) is 8.82. The summed E-state index contributed by atoms with van der Waals surface area (Å²) in [7, 11) is 2.99. The summed E-state index contributed by atoms with van der Waals surface area (Å²) in [6.45, 7) is 3.36. The second-order valence-corrected chi connectivity index (χ2v) is 6.76. The first kappa shape index (κ1) is 22.5. The molecule has 1 aromatic rings. The van der Waals surface area contributed by atoms with Gasteiger partial charge in [0.05, 0.1) is 13.7 Å². The van der Waals surface area contributed by atoms with Crippen molar-refractivity contribution in [1.29, 1.82) is 0 Å². The van der Waals surface area contributed by atoms with E-state index in [-0.39, 0.29) is 29.5 Å².